The summed E-state index contributed by atoms with van der Waals surface area (Å²) >= 11 is 0. The Bertz CT molecular complexity index is 1430. The van der Waals surface area contributed by atoms with E-state index in [1.807, 2.05) is 12.1 Å². The molecular formula is C27H26FN7O. The van der Waals surface area contributed by atoms with Gasteiger partial charge in [-0.05, 0) is 49.5 Å². The highest BCUT2D eigenvalue weighted by atomic mass is 19.1. The van der Waals surface area contributed by atoms with Crippen LogP contribution in [0.5, 0.6) is 0 Å². The van der Waals surface area contributed by atoms with Crippen LogP contribution < -0.4 is 15.5 Å². The molecule has 0 atom stereocenters. The molecule has 9 heteroatoms. The van der Waals surface area contributed by atoms with Crippen LogP contribution in [0.15, 0.2) is 73.7 Å². The molecule has 0 radical (unpaired) electrons. The van der Waals surface area contributed by atoms with Gasteiger partial charge >= 0.3 is 0 Å². The molecule has 1 saturated heterocycles. The van der Waals surface area contributed by atoms with Gasteiger partial charge in [0.15, 0.2) is 0 Å². The van der Waals surface area contributed by atoms with E-state index in [4.69, 9.17) is 0 Å². The van der Waals surface area contributed by atoms with Gasteiger partial charge in [0.2, 0.25) is 5.91 Å². The van der Waals surface area contributed by atoms with Crippen molar-refractivity contribution in [3.05, 3.63) is 79.5 Å². The van der Waals surface area contributed by atoms with E-state index in [1.54, 1.807) is 36.5 Å². The van der Waals surface area contributed by atoms with E-state index in [0.29, 0.717) is 28.5 Å². The lowest BCUT2D eigenvalue weighted by Gasteiger charge is -2.35. The molecule has 0 unspecified atom stereocenters. The minimum absolute atomic E-state index is 0.292. The first-order valence-corrected chi connectivity index (χ1v) is 11.7. The third-order valence-corrected chi connectivity index (χ3v) is 6.21. The fourth-order valence-electron chi connectivity index (χ4n) is 4.25. The van der Waals surface area contributed by atoms with Gasteiger partial charge < -0.3 is 20.4 Å². The second kappa shape index (κ2) is 10.1. The third-order valence-electron chi connectivity index (χ3n) is 6.21. The number of rotatable bonds is 6. The van der Waals surface area contributed by atoms with Crippen molar-refractivity contribution in [2.24, 2.45) is 0 Å². The molecule has 1 aliphatic heterocycles. The number of nitrogens with zero attached hydrogens (tertiary/aromatic N) is 5. The number of hydrogen-bond donors (Lipinski definition) is 2. The van der Waals surface area contributed by atoms with Crippen molar-refractivity contribution in [3.63, 3.8) is 0 Å². The highest BCUT2D eigenvalue weighted by Gasteiger charge is 2.20. The average molecular weight is 484 g/mol. The van der Waals surface area contributed by atoms with Crippen LogP contribution in [-0.2, 0) is 4.79 Å². The number of halogens is 1. The molecule has 3 heterocycles. The van der Waals surface area contributed by atoms with E-state index in [0.717, 1.165) is 42.8 Å². The maximum Gasteiger partial charge on any atom is 0.247 e. The number of benzene rings is 2. The molecule has 2 aromatic carbocycles. The van der Waals surface area contributed by atoms with Gasteiger partial charge in [0.1, 0.15) is 18.0 Å². The molecule has 0 aliphatic carbocycles. The lowest BCUT2D eigenvalue weighted by Crippen LogP contribution is -2.44. The molecule has 0 bridgehead atoms. The van der Waals surface area contributed by atoms with Gasteiger partial charge in [0, 0.05) is 49.0 Å². The monoisotopic (exact) mass is 483 g/mol. The van der Waals surface area contributed by atoms with E-state index in [-0.39, 0.29) is 11.7 Å². The molecule has 1 fully saturated rings. The number of likely N-dealkylation sites (N-methyl/N-ethyl adjacent to an activating group) is 1. The van der Waals surface area contributed by atoms with Crippen LogP contribution in [0.25, 0.3) is 22.2 Å². The number of aromatic nitrogens is 3. The van der Waals surface area contributed by atoms with Crippen LogP contribution >= 0.6 is 0 Å². The Labute approximate surface area is 208 Å². The first-order valence-electron chi connectivity index (χ1n) is 11.7. The highest BCUT2D eigenvalue weighted by Crippen LogP contribution is 2.35. The number of carbonyl (C=O) groups excluding carboxylic acids is 1. The fourth-order valence-corrected chi connectivity index (χ4v) is 4.25. The van der Waals surface area contributed by atoms with Gasteiger partial charge in [0.05, 0.1) is 22.6 Å². The van der Waals surface area contributed by atoms with Crippen molar-refractivity contribution < 1.29 is 9.18 Å². The Morgan fingerprint density at radius 1 is 1.06 bits per heavy atom. The number of anilines is 4. The topological polar surface area (TPSA) is 86.3 Å². The molecule has 0 saturated carbocycles. The summed E-state index contributed by atoms with van der Waals surface area (Å²) < 4.78 is 14.3. The number of carbonyl (C=O) groups is 1. The van der Waals surface area contributed by atoms with Crippen LogP contribution in [0.4, 0.5) is 27.3 Å². The smallest absolute Gasteiger partial charge is 0.247 e. The van der Waals surface area contributed by atoms with Crippen molar-refractivity contribution in [1.29, 1.82) is 0 Å². The minimum Gasteiger partial charge on any atom is -0.367 e. The quantitative estimate of drug-likeness (QED) is 0.392. The second-order valence-electron chi connectivity index (χ2n) is 8.63. The van der Waals surface area contributed by atoms with Gasteiger partial charge in [-0.1, -0.05) is 18.7 Å². The van der Waals surface area contributed by atoms with E-state index in [2.05, 4.69) is 49.0 Å². The Morgan fingerprint density at radius 2 is 1.86 bits per heavy atom. The van der Waals surface area contributed by atoms with Crippen molar-refractivity contribution in [2.75, 3.05) is 48.8 Å². The predicted octanol–water partition coefficient (Wildman–Crippen LogP) is 4.45. The lowest BCUT2D eigenvalue weighted by molar-refractivity contribution is -0.111. The van der Waals surface area contributed by atoms with Crippen LogP contribution in [-0.4, -0.2) is 59.0 Å². The number of pyridine rings is 1. The highest BCUT2D eigenvalue weighted by molar-refractivity contribution is 6.05. The summed E-state index contributed by atoms with van der Waals surface area (Å²) in [7, 11) is 2.10. The molecule has 1 amide bonds. The lowest BCUT2D eigenvalue weighted by atomic mass is 10.1. The zero-order valence-corrected chi connectivity index (χ0v) is 19.9. The van der Waals surface area contributed by atoms with Crippen LogP contribution in [0, 0.1) is 5.82 Å². The molecule has 8 nitrogen and oxygen atoms in total. The largest absolute Gasteiger partial charge is 0.367 e. The molecule has 2 N–H and O–H groups in total. The van der Waals surface area contributed by atoms with E-state index in [1.165, 1.54) is 18.5 Å². The SMILES string of the molecule is C=CC(=O)Nc1cc2c(Nc3ccnc(-c4ccccc4F)c3)ncnc2cc1N1CCN(C)CC1. The first kappa shape index (κ1) is 23.4. The zero-order chi connectivity index (χ0) is 25.1. The number of fused-ring (bicyclic) bond motifs is 1. The maximum atomic E-state index is 14.3. The number of piperazine rings is 1. The van der Waals surface area contributed by atoms with Crippen LogP contribution in [0.3, 0.4) is 0 Å². The van der Waals surface area contributed by atoms with Gasteiger partial charge in [-0.3, -0.25) is 9.78 Å². The van der Waals surface area contributed by atoms with Gasteiger partial charge in [0.25, 0.3) is 0 Å². The van der Waals surface area contributed by atoms with Gasteiger partial charge in [-0.15, -0.1) is 0 Å². The Hall–Kier alpha value is -4.37. The molecular weight excluding hydrogens is 457 g/mol. The summed E-state index contributed by atoms with van der Waals surface area (Å²) in [4.78, 5) is 30.0. The standard InChI is InChI=1S/C27H26FN7O/c1-3-26(36)33-24-15-20-23(16-25(24)35-12-10-34(2)11-13-35)30-17-31-27(20)32-18-8-9-29-22(14-18)19-6-4-5-7-21(19)28/h3-9,14-17H,1,10-13H2,2H3,(H,33,36)(H,29,30,31,32). The molecule has 2 aromatic heterocycles. The zero-order valence-electron chi connectivity index (χ0n) is 19.9. The minimum atomic E-state index is -0.339. The van der Waals surface area contributed by atoms with E-state index < -0.39 is 0 Å². The molecule has 1 aliphatic rings. The van der Waals surface area contributed by atoms with Crippen LogP contribution in [0.2, 0.25) is 0 Å². The third kappa shape index (κ3) is 4.87. The first-order chi connectivity index (χ1) is 17.5. The second-order valence-corrected chi connectivity index (χ2v) is 8.63. The summed E-state index contributed by atoms with van der Waals surface area (Å²) in [6.07, 6.45) is 4.37. The van der Waals surface area contributed by atoms with Crippen molar-refractivity contribution in [3.8, 4) is 11.3 Å². The summed E-state index contributed by atoms with van der Waals surface area (Å²) in [6, 6.07) is 13.9. The van der Waals surface area contributed by atoms with E-state index in [9.17, 15) is 9.18 Å². The summed E-state index contributed by atoms with van der Waals surface area (Å²) in [5.41, 5.74) is 3.93. The number of nitrogens with one attached hydrogen (secondary N) is 2. The maximum absolute atomic E-state index is 14.3. The Kier molecular flexibility index (Phi) is 6.55. The van der Waals surface area contributed by atoms with Crippen molar-refractivity contribution in [1.82, 2.24) is 19.9 Å². The molecule has 4 aromatic rings. The van der Waals surface area contributed by atoms with Gasteiger partial charge in [-0.25, -0.2) is 14.4 Å². The van der Waals surface area contributed by atoms with Gasteiger partial charge in [-0.2, -0.15) is 0 Å². The number of hydrogen-bond acceptors (Lipinski definition) is 7. The summed E-state index contributed by atoms with van der Waals surface area (Å²) in [5.74, 6) is -0.0712. The molecule has 5 rings (SSSR count). The average Bonchev–Trinajstić information content (AvgIpc) is 2.89. The fraction of sp³-hybridized carbons (Fsp3) is 0.185. The number of amides is 1. The molecule has 182 valence electrons. The summed E-state index contributed by atoms with van der Waals surface area (Å²) in [6.45, 7) is 7.11. The molecule has 0 spiro atoms. The van der Waals surface area contributed by atoms with Crippen molar-refractivity contribution in [2.45, 2.75) is 0 Å². The van der Waals surface area contributed by atoms with E-state index >= 15 is 0 Å². The Balaban J connectivity index is 1.53. The Morgan fingerprint density at radius 3 is 2.64 bits per heavy atom. The normalized spacial score (nSPS) is 14.0. The van der Waals surface area contributed by atoms with Crippen LogP contribution in [0.1, 0.15) is 0 Å². The van der Waals surface area contributed by atoms with Crippen molar-refractivity contribution >= 4 is 39.7 Å². The predicted molar refractivity (Wildman–Crippen MR) is 141 cm³/mol. The summed E-state index contributed by atoms with van der Waals surface area (Å²) in [5, 5.41) is 6.99. The molecule has 36 heavy (non-hydrogen) atoms.